The number of carbonyl (C=O) groups is 1. The van der Waals surface area contributed by atoms with Crippen molar-refractivity contribution in [2.24, 2.45) is 5.41 Å². The fraction of sp³-hybridized carbons (Fsp3) is 0.240. The first kappa shape index (κ1) is 18.9. The SMILES string of the molecule is CC(C)(C)[C@@H](OC(=O)C(c1ccccc1)c1ccccc1)c1ccccc1. The monoisotopic (exact) mass is 358 g/mol. The highest BCUT2D eigenvalue weighted by atomic mass is 16.5. The Morgan fingerprint density at radius 3 is 1.41 bits per heavy atom. The molecule has 0 radical (unpaired) electrons. The lowest BCUT2D eigenvalue weighted by molar-refractivity contribution is -0.156. The van der Waals surface area contributed by atoms with E-state index in [2.05, 4.69) is 20.8 Å². The Morgan fingerprint density at radius 2 is 1.04 bits per heavy atom. The Labute approximate surface area is 161 Å². The summed E-state index contributed by atoms with van der Waals surface area (Å²) in [5.74, 6) is -0.669. The van der Waals surface area contributed by atoms with Crippen LogP contribution in [-0.4, -0.2) is 5.97 Å². The second-order valence-electron chi connectivity index (χ2n) is 7.85. The first-order valence-corrected chi connectivity index (χ1v) is 9.32. The van der Waals surface area contributed by atoms with E-state index in [1.54, 1.807) is 0 Å². The molecule has 0 unspecified atom stereocenters. The molecular weight excluding hydrogens is 332 g/mol. The first-order valence-electron chi connectivity index (χ1n) is 9.32. The minimum Gasteiger partial charge on any atom is -0.456 e. The van der Waals surface area contributed by atoms with Crippen LogP contribution in [0.25, 0.3) is 0 Å². The molecule has 3 rings (SSSR count). The van der Waals surface area contributed by atoms with Gasteiger partial charge in [-0.1, -0.05) is 112 Å². The molecule has 0 spiro atoms. The summed E-state index contributed by atoms with van der Waals surface area (Å²) in [5, 5.41) is 0. The summed E-state index contributed by atoms with van der Waals surface area (Å²) < 4.78 is 6.13. The molecule has 0 N–H and O–H groups in total. The van der Waals surface area contributed by atoms with Crippen LogP contribution in [0.3, 0.4) is 0 Å². The van der Waals surface area contributed by atoms with Crippen molar-refractivity contribution < 1.29 is 9.53 Å². The number of benzene rings is 3. The average molecular weight is 358 g/mol. The maximum Gasteiger partial charge on any atom is 0.318 e. The van der Waals surface area contributed by atoms with Crippen molar-refractivity contribution in [1.29, 1.82) is 0 Å². The summed E-state index contributed by atoms with van der Waals surface area (Å²) in [5.41, 5.74) is 2.68. The van der Waals surface area contributed by atoms with Gasteiger partial charge >= 0.3 is 5.97 Å². The summed E-state index contributed by atoms with van der Waals surface area (Å²) in [7, 11) is 0. The summed E-state index contributed by atoms with van der Waals surface area (Å²) in [6.45, 7) is 6.29. The Bertz CT molecular complexity index is 810. The van der Waals surface area contributed by atoms with Crippen molar-refractivity contribution in [3.63, 3.8) is 0 Å². The van der Waals surface area contributed by atoms with Crippen molar-refractivity contribution in [3.8, 4) is 0 Å². The highest BCUT2D eigenvalue weighted by Gasteiger charge is 2.33. The Balaban J connectivity index is 1.96. The van der Waals surface area contributed by atoms with E-state index in [0.717, 1.165) is 16.7 Å². The third-order valence-corrected chi connectivity index (χ3v) is 4.62. The Hall–Kier alpha value is -2.87. The molecule has 0 amide bonds. The van der Waals surface area contributed by atoms with E-state index in [9.17, 15) is 4.79 Å². The van der Waals surface area contributed by atoms with Crippen molar-refractivity contribution in [1.82, 2.24) is 0 Å². The third kappa shape index (κ3) is 4.65. The fourth-order valence-corrected chi connectivity index (χ4v) is 3.31. The van der Waals surface area contributed by atoms with Gasteiger partial charge in [0.05, 0.1) is 0 Å². The topological polar surface area (TPSA) is 26.3 Å². The van der Waals surface area contributed by atoms with Gasteiger partial charge in [0.2, 0.25) is 0 Å². The van der Waals surface area contributed by atoms with Gasteiger partial charge in [0, 0.05) is 5.41 Å². The predicted molar refractivity (Wildman–Crippen MR) is 109 cm³/mol. The largest absolute Gasteiger partial charge is 0.456 e. The highest BCUT2D eigenvalue weighted by molar-refractivity contribution is 5.82. The second kappa shape index (κ2) is 8.22. The van der Waals surface area contributed by atoms with Gasteiger partial charge in [0.15, 0.2) is 0 Å². The minimum absolute atomic E-state index is 0.213. The molecule has 0 aliphatic carbocycles. The average Bonchev–Trinajstić information content (AvgIpc) is 2.68. The van der Waals surface area contributed by atoms with Crippen LogP contribution >= 0.6 is 0 Å². The number of carbonyl (C=O) groups excluding carboxylic acids is 1. The van der Waals surface area contributed by atoms with Crippen LogP contribution in [0.5, 0.6) is 0 Å². The lowest BCUT2D eigenvalue weighted by atomic mass is 9.84. The van der Waals surface area contributed by atoms with Gasteiger partial charge in [0.1, 0.15) is 12.0 Å². The molecule has 0 aliphatic heterocycles. The van der Waals surface area contributed by atoms with Crippen molar-refractivity contribution in [2.75, 3.05) is 0 Å². The lowest BCUT2D eigenvalue weighted by Gasteiger charge is -2.32. The van der Waals surface area contributed by atoms with E-state index in [1.807, 2.05) is 91.0 Å². The number of esters is 1. The van der Waals surface area contributed by atoms with Gasteiger partial charge in [-0.05, 0) is 16.7 Å². The molecule has 0 bridgehead atoms. The standard InChI is InChI=1S/C25H26O2/c1-25(2,3)23(21-17-11-6-12-18-21)27-24(26)22(19-13-7-4-8-14-19)20-15-9-5-10-16-20/h4-18,22-23H,1-3H3/t23-/m0/s1. The maximum absolute atomic E-state index is 13.4. The molecule has 0 saturated heterocycles. The summed E-state index contributed by atoms with van der Waals surface area (Å²) in [4.78, 5) is 13.4. The van der Waals surface area contributed by atoms with Gasteiger partial charge in [0.25, 0.3) is 0 Å². The molecule has 27 heavy (non-hydrogen) atoms. The van der Waals surface area contributed by atoms with E-state index in [4.69, 9.17) is 4.74 Å². The van der Waals surface area contributed by atoms with Gasteiger partial charge in [-0.15, -0.1) is 0 Å². The second-order valence-corrected chi connectivity index (χ2v) is 7.85. The number of rotatable bonds is 5. The molecule has 3 aromatic carbocycles. The molecule has 0 aromatic heterocycles. The quantitative estimate of drug-likeness (QED) is 0.511. The molecule has 0 saturated carbocycles. The smallest absolute Gasteiger partial charge is 0.318 e. The molecule has 0 aliphatic rings. The number of hydrogen-bond acceptors (Lipinski definition) is 2. The van der Waals surface area contributed by atoms with E-state index in [-0.39, 0.29) is 17.5 Å². The van der Waals surface area contributed by atoms with Gasteiger partial charge in [-0.25, -0.2) is 0 Å². The molecule has 2 nitrogen and oxygen atoms in total. The summed E-state index contributed by atoms with van der Waals surface area (Å²) in [6, 6.07) is 29.6. The van der Waals surface area contributed by atoms with Crippen molar-refractivity contribution in [2.45, 2.75) is 32.8 Å². The molecule has 138 valence electrons. The van der Waals surface area contributed by atoms with Gasteiger partial charge in [-0.3, -0.25) is 4.79 Å². The fourth-order valence-electron chi connectivity index (χ4n) is 3.31. The molecule has 2 heteroatoms. The number of ether oxygens (including phenoxy) is 1. The highest BCUT2D eigenvalue weighted by Crippen LogP contribution is 2.38. The molecule has 3 aromatic rings. The van der Waals surface area contributed by atoms with Crippen LogP contribution in [0, 0.1) is 5.41 Å². The molecular formula is C25H26O2. The van der Waals surface area contributed by atoms with Crippen LogP contribution in [-0.2, 0) is 9.53 Å². The summed E-state index contributed by atoms with van der Waals surface area (Å²) in [6.07, 6.45) is -0.318. The molecule has 1 atom stereocenters. The molecule has 0 heterocycles. The molecule has 0 fully saturated rings. The Kier molecular flexibility index (Phi) is 5.75. The van der Waals surface area contributed by atoms with Crippen molar-refractivity contribution >= 4 is 5.97 Å². The normalized spacial score (nSPS) is 12.6. The van der Waals surface area contributed by atoms with Crippen LogP contribution in [0.1, 0.15) is 49.5 Å². The van der Waals surface area contributed by atoms with E-state index in [0.29, 0.717) is 0 Å². The zero-order valence-corrected chi connectivity index (χ0v) is 16.1. The van der Waals surface area contributed by atoms with Gasteiger partial charge in [-0.2, -0.15) is 0 Å². The lowest BCUT2D eigenvalue weighted by Crippen LogP contribution is -2.27. The van der Waals surface area contributed by atoms with Crippen LogP contribution in [0.15, 0.2) is 91.0 Å². The van der Waals surface area contributed by atoms with Crippen LogP contribution < -0.4 is 0 Å². The maximum atomic E-state index is 13.4. The first-order chi connectivity index (χ1) is 13.0. The van der Waals surface area contributed by atoms with Crippen LogP contribution in [0.4, 0.5) is 0 Å². The predicted octanol–water partition coefficient (Wildman–Crippen LogP) is 6.15. The third-order valence-electron chi connectivity index (χ3n) is 4.62. The van der Waals surface area contributed by atoms with E-state index < -0.39 is 5.92 Å². The summed E-state index contributed by atoms with van der Waals surface area (Å²) >= 11 is 0. The van der Waals surface area contributed by atoms with E-state index >= 15 is 0 Å². The minimum atomic E-state index is -0.444. The van der Waals surface area contributed by atoms with Crippen molar-refractivity contribution in [3.05, 3.63) is 108 Å². The zero-order chi connectivity index (χ0) is 19.3. The van der Waals surface area contributed by atoms with Gasteiger partial charge < -0.3 is 4.74 Å². The zero-order valence-electron chi connectivity index (χ0n) is 16.1. The van der Waals surface area contributed by atoms with Crippen LogP contribution in [0.2, 0.25) is 0 Å². The van der Waals surface area contributed by atoms with E-state index in [1.165, 1.54) is 0 Å². The number of hydrogen-bond donors (Lipinski definition) is 0. The Morgan fingerprint density at radius 1 is 0.667 bits per heavy atom.